The summed E-state index contributed by atoms with van der Waals surface area (Å²) in [5, 5.41) is 14.6. The summed E-state index contributed by atoms with van der Waals surface area (Å²) >= 11 is 0. The van der Waals surface area contributed by atoms with Crippen molar-refractivity contribution in [2.45, 2.75) is 32.7 Å². The number of carboxylic acid groups (broad SMARTS) is 1. The first-order valence-corrected chi connectivity index (χ1v) is 8.26. The van der Waals surface area contributed by atoms with Gasteiger partial charge in [-0.2, -0.15) is 0 Å². The van der Waals surface area contributed by atoms with E-state index < -0.39 is 23.8 Å². The number of benzene rings is 1. The van der Waals surface area contributed by atoms with E-state index >= 15 is 0 Å². The summed E-state index contributed by atoms with van der Waals surface area (Å²) in [5.74, 6) is -2.04. The number of primary amides is 1. The second-order valence-corrected chi connectivity index (χ2v) is 6.05. The molecule has 0 spiro atoms. The molecule has 0 saturated heterocycles. The first-order valence-electron chi connectivity index (χ1n) is 8.26. The Morgan fingerprint density at radius 2 is 1.81 bits per heavy atom. The monoisotopic (exact) mass is 371 g/mol. The van der Waals surface area contributed by atoms with Crippen LogP contribution in [0.3, 0.4) is 0 Å². The number of nitrogens with two attached hydrogens (primary N) is 1. The SMILES string of the molecule is Cc1cc(C)nc(Nc2cccc(C(=O)NC(CCC(N)=O)C(=O)O)c2)n1. The van der Waals surface area contributed by atoms with Crippen LogP contribution in [0, 0.1) is 13.8 Å². The van der Waals surface area contributed by atoms with E-state index in [1.165, 1.54) is 0 Å². The summed E-state index contributed by atoms with van der Waals surface area (Å²) in [7, 11) is 0. The number of amides is 2. The fourth-order valence-corrected chi connectivity index (χ4v) is 2.43. The van der Waals surface area contributed by atoms with Gasteiger partial charge in [-0.1, -0.05) is 6.07 Å². The first-order chi connectivity index (χ1) is 12.7. The van der Waals surface area contributed by atoms with Crippen LogP contribution in [0.15, 0.2) is 30.3 Å². The number of hydrogen-bond acceptors (Lipinski definition) is 6. The van der Waals surface area contributed by atoms with E-state index in [2.05, 4.69) is 20.6 Å². The summed E-state index contributed by atoms with van der Waals surface area (Å²) < 4.78 is 0. The smallest absolute Gasteiger partial charge is 0.326 e. The maximum Gasteiger partial charge on any atom is 0.326 e. The van der Waals surface area contributed by atoms with Gasteiger partial charge in [0.15, 0.2) is 0 Å². The predicted octanol–water partition coefficient (Wildman–Crippen LogP) is 1.29. The van der Waals surface area contributed by atoms with Crippen molar-refractivity contribution in [2.75, 3.05) is 5.32 Å². The third-order valence-corrected chi connectivity index (χ3v) is 3.65. The van der Waals surface area contributed by atoms with Crippen molar-refractivity contribution in [1.82, 2.24) is 15.3 Å². The van der Waals surface area contributed by atoms with Gasteiger partial charge in [0.25, 0.3) is 5.91 Å². The van der Waals surface area contributed by atoms with Crippen molar-refractivity contribution in [3.05, 3.63) is 47.3 Å². The minimum Gasteiger partial charge on any atom is -0.480 e. The van der Waals surface area contributed by atoms with Crippen molar-refractivity contribution in [3.63, 3.8) is 0 Å². The zero-order chi connectivity index (χ0) is 20.0. The average molecular weight is 371 g/mol. The summed E-state index contributed by atoms with van der Waals surface area (Å²) in [6.45, 7) is 3.70. The highest BCUT2D eigenvalue weighted by molar-refractivity contribution is 5.97. The number of rotatable bonds is 8. The number of aryl methyl sites for hydroxylation is 2. The molecule has 0 aliphatic rings. The Morgan fingerprint density at radius 1 is 1.15 bits per heavy atom. The third-order valence-electron chi connectivity index (χ3n) is 3.65. The molecule has 0 aliphatic carbocycles. The van der Waals surface area contributed by atoms with Crippen molar-refractivity contribution < 1.29 is 19.5 Å². The number of aliphatic carboxylic acids is 1. The molecule has 2 aromatic rings. The fourth-order valence-electron chi connectivity index (χ4n) is 2.43. The van der Waals surface area contributed by atoms with Crippen LogP contribution in [0.5, 0.6) is 0 Å². The molecular weight excluding hydrogens is 350 g/mol. The molecule has 9 heteroatoms. The number of carboxylic acids is 1. The molecule has 1 aromatic carbocycles. The Kier molecular flexibility index (Phi) is 6.42. The van der Waals surface area contributed by atoms with Gasteiger partial charge in [0, 0.05) is 29.1 Å². The molecule has 1 atom stereocenters. The van der Waals surface area contributed by atoms with Gasteiger partial charge in [-0.15, -0.1) is 0 Å². The van der Waals surface area contributed by atoms with Crippen LogP contribution in [0.2, 0.25) is 0 Å². The van der Waals surface area contributed by atoms with E-state index in [4.69, 9.17) is 5.73 Å². The Morgan fingerprint density at radius 3 is 2.41 bits per heavy atom. The van der Waals surface area contributed by atoms with Gasteiger partial charge in [-0.3, -0.25) is 9.59 Å². The number of carbonyl (C=O) groups is 3. The summed E-state index contributed by atoms with van der Waals surface area (Å²) in [6.07, 6.45) is -0.215. The Labute approximate surface area is 156 Å². The van der Waals surface area contributed by atoms with Gasteiger partial charge in [0.2, 0.25) is 11.9 Å². The molecule has 1 heterocycles. The Hall–Kier alpha value is -3.49. The second kappa shape index (κ2) is 8.75. The lowest BCUT2D eigenvalue weighted by atomic mass is 10.1. The number of hydrogen-bond donors (Lipinski definition) is 4. The van der Waals surface area contributed by atoms with Crippen LogP contribution >= 0.6 is 0 Å². The molecule has 0 radical (unpaired) electrons. The van der Waals surface area contributed by atoms with Crippen LogP contribution in [-0.4, -0.2) is 38.9 Å². The van der Waals surface area contributed by atoms with E-state index in [0.29, 0.717) is 11.6 Å². The maximum absolute atomic E-state index is 12.4. The molecular formula is C18H21N5O4. The number of aromatic nitrogens is 2. The fraction of sp³-hybridized carbons (Fsp3) is 0.278. The highest BCUT2D eigenvalue weighted by Gasteiger charge is 2.21. The number of carbonyl (C=O) groups excluding carboxylic acids is 2. The van der Waals surface area contributed by atoms with E-state index in [0.717, 1.165) is 11.4 Å². The van der Waals surface area contributed by atoms with Gasteiger partial charge >= 0.3 is 5.97 Å². The molecule has 0 fully saturated rings. The quantitative estimate of drug-likeness (QED) is 0.546. The van der Waals surface area contributed by atoms with Gasteiger partial charge in [-0.05, 0) is 44.5 Å². The van der Waals surface area contributed by atoms with E-state index in [9.17, 15) is 19.5 Å². The Bertz CT molecular complexity index is 848. The highest BCUT2D eigenvalue weighted by Crippen LogP contribution is 2.16. The summed E-state index contributed by atoms with van der Waals surface area (Å²) in [5.41, 5.74) is 7.48. The van der Waals surface area contributed by atoms with Crippen LogP contribution in [-0.2, 0) is 9.59 Å². The van der Waals surface area contributed by atoms with Crippen molar-refractivity contribution in [2.24, 2.45) is 5.73 Å². The molecule has 0 bridgehead atoms. The molecule has 0 aliphatic heterocycles. The molecule has 5 N–H and O–H groups in total. The molecule has 0 saturated carbocycles. The maximum atomic E-state index is 12.4. The van der Waals surface area contributed by atoms with Crippen molar-refractivity contribution >= 4 is 29.4 Å². The number of anilines is 2. The van der Waals surface area contributed by atoms with Gasteiger partial charge in [0.1, 0.15) is 6.04 Å². The van der Waals surface area contributed by atoms with Crippen LogP contribution in [0.1, 0.15) is 34.6 Å². The first kappa shape index (κ1) is 19.8. The normalized spacial score (nSPS) is 11.5. The van der Waals surface area contributed by atoms with Crippen LogP contribution < -0.4 is 16.4 Å². The molecule has 142 valence electrons. The van der Waals surface area contributed by atoms with Gasteiger partial charge in [-0.25, -0.2) is 14.8 Å². The Balaban J connectivity index is 2.11. The minimum atomic E-state index is -1.23. The largest absolute Gasteiger partial charge is 0.480 e. The molecule has 27 heavy (non-hydrogen) atoms. The molecule has 9 nitrogen and oxygen atoms in total. The topological polar surface area (TPSA) is 147 Å². The predicted molar refractivity (Wildman–Crippen MR) is 98.5 cm³/mol. The average Bonchev–Trinajstić information content (AvgIpc) is 2.57. The molecule has 1 aromatic heterocycles. The van der Waals surface area contributed by atoms with Gasteiger partial charge in [0.05, 0.1) is 0 Å². The van der Waals surface area contributed by atoms with E-state index in [1.54, 1.807) is 24.3 Å². The molecule has 2 rings (SSSR count). The lowest BCUT2D eigenvalue weighted by molar-refractivity contribution is -0.139. The number of nitrogens with zero attached hydrogens (tertiary/aromatic N) is 2. The lowest BCUT2D eigenvalue weighted by Gasteiger charge is -2.14. The second-order valence-electron chi connectivity index (χ2n) is 6.05. The van der Waals surface area contributed by atoms with Gasteiger partial charge < -0.3 is 21.5 Å². The van der Waals surface area contributed by atoms with Crippen LogP contribution in [0.4, 0.5) is 11.6 Å². The van der Waals surface area contributed by atoms with E-state index in [-0.39, 0.29) is 18.4 Å². The molecule has 2 amide bonds. The van der Waals surface area contributed by atoms with Crippen molar-refractivity contribution in [3.8, 4) is 0 Å². The highest BCUT2D eigenvalue weighted by atomic mass is 16.4. The lowest BCUT2D eigenvalue weighted by Crippen LogP contribution is -2.41. The summed E-state index contributed by atoms with van der Waals surface area (Å²) in [4.78, 5) is 43.0. The van der Waals surface area contributed by atoms with Crippen molar-refractivity contribution in [1.29, 1.82) is 0 Å². The number of nitrogens with one attached hydrogen (secondary N) is 2. The zero-order valence-electron chi connectivity index (χ0n) is 15.0. The standard InChI is InChI=1S/C18H21N5O4/c1-10-8-11(2)21-18(20-10)22-13-5-3-4-12(9-13)16(25)23-14(17(26)27)6-7-15(19)24/h3-5,8-9,14H,6-7H2,1-2H3,(H2,19,24)(H,23,25)(H,26,27)(H,20,21,22). The molecule has 1 unspecified atom stereocenters. The minimum absolute atomic E-state index is 0.0786. The van der Waals surface area contributed by atoms with E-state index in [1.807, 2.05) is 19.9 Å². The summed E-state index contributed by atoms with van der Waals surface area (Å²) in [6, 6.07) is 7.13. The van der Waals surface area contributed by atoms with Crippen LogP contribution in [0.25, 0.3) is 0 Å². The zero-order valence-corrected chi connectivity index (χ0v) is 15.0. The third kappa shape index (κ3) is 6.07.